The van der Waals surface area contributed by atoms with Crippen LogP contribution >= 0.6 is 0 Å². The first-order valence-corrected chi connectivity index (χ1v) is 8.42. The van der Waals surface area contributed by atoms with Crippen molar-refractivity contribution < 1.29 is 18.9 Å². The second-order valence-corrected chi connectivity index (χ2v) is 6.02. The largest absolute Gasteiger partial charge is 0.374 e. The molecule has 3 atom stereocenters. The summed E-state index contributed by atoms with van der Waals surface area (Å²) < 4.78 is 23.5. The van der Waals surface area contributed by atoms with Crippen molar-refractivity contribution in [3.63, 3.8) is 0 Å². The van der Waals surface area contributed by atoms with Crippen molar-refractivity contribution in [3.8, 4) is 0 Å². The molecule has 0 saturated carbocycles. The lowest BCUT2D eigenvalue weighted by atomic mass is 10.1. The second kappa shape index (κ2) is 8.63. The zero-order chi connectivity index (χ0) is 15.0. The molecule has 0 radical (unpaired) electrons. The van der Waals surface area contributed by atoms with Crippen LogP contribution in [0.15, 0.2) is 30.3 Å². The van der Waals surface area contributed by atoms with Crippen molar-refractivity contribution in [1.29, 1.82) is 0 Å². The minimum Gasteiger partial charge on any atom is -0.374 e. The topological polar surface area (TPSA) is 36.9 Å². The van der Waals surface area contributed by atoms with Crippen LogP contribution in [0.3, 0.4) is 0 Å². The molecule has 4 heteroatoms. The maximum absolute atomic E-state index is 6.12. The van der Waals surface area contributed by atoms with Gasteiger partial charge in [0.1, 0.15) is 6.10 Å². The maximum Gasteiger partial charge on any atom is 0.158 e. The van der Waals surface area contributed by atoms with Crippen LogP contribution in [0.5, 0.6) is 0 Å². The Balaban J connectivity index is 1.45. The molecule has 3 rings (SSSR count). The summed E-state index contributed by atoms with van der Waals surface area (Å²) in [7, 11) is 0. The summed E-state index contributed by atoms with van der Waals surface area (Å²) in [4.78, 5) is 0. The molecule has 1 aromatic rings. The van der Waals surface area contributed by atoms with E-state index in [-0.39, 0.29) is 18.5 Å². The van der Waals surface area contributed by atoms with Crippen molar-refractivity contribution in [2.45, 2.75) is 57.2 Å². The van der Waals surface area contributed by atoms with E-state index in [2.05, 4.69) is 12.1 Å². The third-order valence-corrected chi connectivity index (χ3v) is 4.24. The molecule has 0 N–H and O–H groups in total. The summed E-state index contributed by atoms with van der Waals surface area (Å²) in [6.45, 7) is 2.80. The summed E-state index contributed by atoms with van der Waals surface area (Å²) in [6, 6.07) is 10.2. The van der Waals surface area contributed by atoms with Crippen LogP contribution in [0, 0.1) is 0 Å². The lowest BCUT2D eigenvalue weighted by molar-refractivity contribution is -0.229. The third-order valence-electron chi connectivity index (χ3n) is 4.24. The van der Waals surface area contributed by atoms with Gasteiger partial charge in [0.15, 0.2) is 6.29 Å². The predicted octanol–water partition coefficient (Wildman–Crippen LogP) is 3.29. The van der Waals surface area contributed by atoms with Crippen LogP contribution in [0.2, 0.25) is 0 Å². The van der Waals surface area contributed by atoms with Crippen LogP contribution in [0.25, 0.3) is 0 Å². The molecule has 2 fully saturated rings. The normalized spacial score (nSPS) is 29.4. The van der Waals surface area contributed by atoms with E-state index in [1.807, 2.05) is 18.2 Å². The molecule has 0 spiro atoms. The maximum atomic E-state index is 6.12. The number of benzene rings is 1. The van der Waals surface area contributed by atoms with Crippen LogP contribution in [-0.2, 0) is 25.6 Å². The van der Waals surface area contributed by atoms with E-state index in [9.17, 15) is 0 Å². The van der Waals surface area contributed by atoms with Gasteiger partial charge in [-0.05, 0) is 37.7 Å². The molecule has 0 bridgehead atoms. The molecule has 2 aliphatic rings. The minimum absolute atomic E-state index is 0.0167. The van der Waals surface area contributed by atoms with Gasteiger partial charge in [0.2, 0.25) is 0 Å². The summed E-state index contributed by atoms with van der Waals surface area (Å²) in [5.74, 6) is 0. The Kier molecular flexibility index (Phi) is 6.25. The molecule has 1 unspecified atom stereocenters. The molecule has 2 saturated heterocycles. The van der Waals surface area contributed by atoms with Gasteiger partial charge in [-0.2, -0.15) is 0 Å². The van der Waals surface area contributed by atoms with Crippen LogP contribution < -0.4 is 0 Å². The average Bonchev–Trinajstić information content (AvgIpc) is 2.58. The number of hydrogen-bond acceptors (Lipinski definition) is 4. The molecule has 1 aromatic carbocycles. The summed E-state index contributed by atoms with van der Waals surface area (Å²) in [6.07, 6.45) is 5.45. The zero-order valence-electron chi connectivity index (χ0n) is 13.1. The first-order valence-electron chi connectivity index (χ1n) is 8.42. The lowest BCUT2D eigenvalue weighted by Crippen LogP contribution is -2.42. The first-order chi connectivity index (χ1) is 10.9. The van der Waals surface area contributed by atoms with Gasteiger partial charge in [-0.3, -0.25) is 0 Å². The highest BCUT2D eigenvalue weighted by Crippen LogP contribution is 2.23. The van der Waals surface area contributed by atoms with Gasteiger partial charge in [0.25, 0.3) is 0 Å². The summed E-state index contributed by atoms with van der Waals surface area (Å²) in [5.41, 5.74) is 1.19. The van der Waals surface area contributed by atoms with E-state index in [1.54, 1.807) is 0 Å². The fourth-order valence-electron chi connectivity index (χ4n) is 3.00. The van der Waals surface area contributed by atoms with Crippen molar-refractivity contribution in [1.82, 2.24) is 0 Å². The SMILES string of the molecule is c1ccc(COC[C@@H]2OCCC[C@H]2OC2CCCCO2)cc1. The fourth-order valence-corrected chi connectivity index (χ4v) is 3.00. The van der Waals surface area contributed by atoms with Crippen LogP contribution in [0.4, 0.5) is 0 Å². The molecule has 0 aliphatic carbocycles. The molecule has 2 aliphatic heterocycles. The van der Waals surface area contributed by atoms with Gasteiger partial charge in [0, 0.05) is 13.2 Å². The van der Waals surface area contributed by atoms with Gasteiger partial charge in [-0.25, -0.2) is 0 Å². The number of rotatable bonds is 6. The molecule has 2 heterocycles. The van der Waals surface area contributed by atoms with Crippen LogP contribution in [-0.4, -0.2) is 38.3 Å². The highest BCUT2D eigenvalue weighted by atomic mass is 16.7. The minimum atomic E-state index is -0.0583. The molecular formula is C18H26O4. The molecule has 0 amide bonds. The lowest BCUT2D eigenvalue weighted by Gasteiger charge is -2.35. The quantitative estimate of drug-likeness (QED) is 0.808. The molecule has 0 aromatic heterocycles. The van der Waals surface area contributed by atoms with E-state index in [0.717, 1.165) is 38.9 Å². The fraction of sp³-hybridized carbons (Fsp3) is 0.667. The predicted molar refractivity (Wildman–Crippen MR) is 83.5 cm³/mol. The molecule has 122 valence electrons. The third kappa shape index (κ3) is 4.78. The highest BCUT2D eigenvalue weighted by Gasteiger charge is 2.30. The van der Waals surface area contributed by atoms with E-state index < -0.39 is 0 Å². The summed E-state index contributed by atoms with van der Waals surface area (Å²) in [5, 5.41) is 0. The number of hydrogen-bond donors (Lipinski definition) is 0. The first kappa shape index (κ1) is 15.9. The van der Waals surface area contributed by atoms with Crippen molar-refractivity contribution in [3.05, 3.63) is 35.9 Å². The van der Waals surface area contributed by atoms with Crippen molar-refractivity contribution in [2.75, 3.05) is 19.8 Å². The Morgan fingerprint density at radius 1 is 0.955 bits per heavy atom. The monoisotopic (exact) mass is 306 g/mol. The van der Waals surface area contributed by atoms with Gasteiger partial charge in [0.05, 0.1) is 19.3 Å². The Morgan fingerprint density at radius 2 is 1.82 bits per heavy atom. The van der Waals surface area contributed by atoms with Gasteiger partial charge >= 0.3 is 0 Å². The Labute approximate surface area is 132 Å². The number of ether oxygens (including phenoxy) is 4. The molecule has 4 nitrogen and oxygen atoms in total. The van der Waals surface area contributed by atoms with E-state index in [4.69, 9.17) is 18.9 Å². The average molecular weight is 306 g/mol. The Morgan fingerprint density at radius 3 is 2.64 bits per heavy atom. The van der Waals surface area contributed by atoms with Crippen molar-refractivity contribution >= 4 is 0 Å². The van der Waals surface area contributed by atoms with Gasteiger partial charge < -0.3 is 18.9 Å². The molecular weight excluding hydrogens is 280 g/mol. The second-order valence-electron chi connectivity index (χ2n) is 6.02. The van der Waals surface area contributed by atoms with E-state index in [1.165, 1.54) is 12.0 Å². The van der Waals surface area contributed by atoms with Gasteiger partial charge in [-0.1, -0.05) is 30.3 Å². The van der Waals surface area contributed by atoms with Gasteiger partial charge in [-0.15, -0.1) is 0 Å². The molecule has 22 heavy (non-hydrogen) atoms. The summed E-state index contributed by atoms with van der Waals surface area (Å²) >= 11 is 0. The highest BCUT2D eigenvalue weighted by molar-refractivity contribution is 5.13. The standard InChI is InChI=1S/C18H26O4/c1-2-7-15(8-3-1)13-19-14-17-16(9-6-12-20-17)22-18-10-4-5-11-21-18/h1-3,7-8,16-18H,4-6,9-14H2/t16-,17+,18?/m1/s1. The Hall–Kier alpha value is -0.940. The Bertz CT molecular complexity index is 416. The van der Waals surface area contributed by atoms with Crippen molar-refractivity contribution in [2.24, 2.45) is 0 Å². The van der Waals surface area contributed by atoms with E-state index >= 15 is 0 Å². The smallest absolute Gasteiger partial charge is 0.158 e. The zero-order valence-corrected chi connectivity index (χ0v) is 13.1. The van der Waals surface area contributed by atoms with E-state index in [0.29, 0.717) is 13.2 Å². The van der Waals surface area contributed by atoms with Crippen LogP contribution in [0.1, 0.15) is 37.7 Å².